The van der Waals surface area contributed by atoms with E-state index in [0.29, 0.717) is 55.5 Å². The van der Waals surface area contributed by atoms with Crippen LogP contribution in [0.15, 0.2) is 47.3 Å². The molecule has 1 amide bonds. The minimum atomic E-state index is -0.532. The number of aromatic amines is 1. The van der Waals surface area contributed by atoms with E-state index in [4.69, 9.17) is 14.2 Å². The smallest absolute Gasteiger partial charge is 0.410 e. The number of rotatable bonds is 8. The third-order valence-electron chi connectivity index (χ3n) is 6.26. The normalized spacial score (nSPS) is 18.1. The second-order valence-electron chi connectivity index (χ2n) is 10.8. The summed E-state index contributed by atoms with van der Waals surface area (Å²) in [5, 5.41) is 3.41. The van der Waals surface area contributed by atoms with E-state index in [1.807, 2.05) is 51.1 Å². The van der Waals surface area contributed by atoms with Crippen LogP contribution in [0.2, 0.25) is 0 Å². The van der Waals surface area contributed by atoms with Crippen molar-refractivity contribution in [2.75, 3.05) is 31.6 Å². The number of nitrogens with one attached hydrogen (secondary N) is 2. The van der Waals surface area contributed by atoms with Gasteiger partial charge >= 0.3 is 11.8 Å². The van der Waals surface area contributed by atoms with E-state index in [-0.39, 0.29) is 17.9 Å². The first-order valence-electron chi connectivity index (χ1n) is 12.8. The fraction of sp³-hybridized carbons (Fsp3) is 0.500. The fourth-order valence-corrected chi connectivity index (χ4v) is 4.62. The number of piperidine rings is 1. The molecule has 4 rings (SSSR count). The van der Waals surface area contributed by atoms with Crippen LogP contribution in [0.3, 0.4) is 0 Å². The Morgan fingerprint density at radius 1 is 1.14 bits per heavy atom. The maximum Gasteiger partial charge on any atom is 0.410 e. The summed E-state index contributed by atoms with van der Waals surface area (Å²) in [6, 6.07) is 13.9. The summed E-state index contributed by atoms with van der Waals surface area (Å²) in [6.07, 6.45) is 0.476. The molecule has 0 bridgehead atoms. The predicted octanol–water partition coefficient (Wildman–Crippen LogP) is 4.52. The molecule has 2 atom stereocenters. The number of benzene rings is 2. The van der Waals surface area contributed by atoms with Crippen LogP contribution in [0.4, 0.5) is 10.5 Å². The van der Waals surface area contributed by atoms with Gasteiger partial charge in [-0.3, -0.25) is 4.57 Å². The molecule has 9 nitrogen and oxygen atoms in total. The molecule has 1 fully saturated rings. The minimum absolute atomic E-state index is 0.0876. The second-order valence-corrected chi connectivity index (χ2v) is 10.8. The number of anilines is 1. The van der Waals surface area contributed by atoms with Crippen molar-refractivity contribution < 1.29 is 19.0 Å². The maximum absolute atomic E-state index is 12.5. The van der Waals surface area contributed by atoms with Gasteiger partial charge in [0, 0.05) is 31.9 Å². The third kappa shape index (κ3) is 7.07. The van der Waals surface area contributed by atoms with Gasteiger partial charge in [0.25, 0.3) is 0 Å². The third-order valence-corrected chi connectivity index (χ3v) is 6.26. The van der Waals surface area contributed by atoms with Crippen molar-refractivity contribution in [3.8, 4) is 5.75 Å². The Kier molecular flexibility index (Phi) is 8.12. The fourth-order valence-electron chi connectivity index (χ4n) is 4.62. The summed E-state index contributed by atoms with van der Waals surface area (Å²) < 4.78 is 19.3. The molecular formula is C28H38N4O5. The van der Waals surface area contributed by atoms with E-state index >= 15 is 0 Å². The molecule has 0 radical (unpaired) electrons. The lowest BCUT2D eigenvalue weighted by atomic mass is 9.98. The molecule has 0 spiro atoms. The first kappa shape index (κ1) is 26.6. The molecule has 0 aliphatic carbocycles. The molecule has 0 saturated carbocycles. The summed E-state index contributed by atoms with van der Waals surface area (Å²) in [7, 11) is 1.72. The number of hydrogen-bond donors (Lipinski definition) is 2. The van der Waals surface area contributed by atoms with Crippen molar-refractivity contribution in [3.05, 3.63) is 58.5 Å². The van der Waals surface area contributed by atoms with Gasteiger partial charge in [-0.1, -0.05) is 37.3 Å². The number of likely N-dealkylation sites (tertiary alicyclic amines) is 1. The molecular weight excluding hydrogens is 472 g/mol. The number of ether oxygens (including phenoxy) is 3. The molecule has 1 aromatic heterocycles. The van der Waals surface area contributed by atoms with Gasteiger partial charge in [0.15, 0.2) is 0 Å². The molecule has 3 aromatic rings. The average molecular weight is 511 g/mol. The van der Waals surface area contributed by atoms with E-state index in [9.17, 15) is 9.59 Å². The Bertz CT molecular complexity index is 1260. The van der Waals surface area contributed by atoms with Crippen LogP contribution in [-0.4, -0.2) is 58.6 Å². The molecule has 1 saturated heterocycles. The Morgan fingerprint density at radius 3 is 2.62 bits per heavy atom. The number of aryl methyl sites for hydroxylation is 1. The van der Waals surface area contributed by atoms with E-state index in [1.54, 1.807) is 16.5 Å². The largest absolute Gasteiger partial charge is 0.489 e. The average Bonchev–Trinajstić information content (AvgIpc) is 3.13. The maximum atomic E-state index is 12.5. The van der Waals surface area contributed by atoms with Gasteiger partial charge in [0.1, 0.15) is 23.5 Å². The van der Waals surface area contributed by atoms with Crippen LogP contribution in [0.5, 0.6) is 5.75 Å². The van der Waals surface area contributed by atoms with Crippen LogP contribution in [-0.2, 0) is 23.1 Å². The van der Waals surface area contributed by atoms with Crippen molar-refractivity contribution in [2.45, 2.75) is 52.4 Å². The topological polar surface area (TPSA) is 97.8 Å². The predicted molar refractivity (Wildman–Crippen MR) is 144 cm³/mol. The van der Waals surface area contributed by atoms with Crippen molar-refractivity contribution in [1.82, 2.24) is 14.5 Å². The highest BCUT2D eigenvalue weighted by Crippen LogP contribution is 2.29. The molecule has 200 valence electrons. The van der Waals surface area contributed by atoms with Crippen LogP contribution >= 0.6 is 0 Å². The number of fused-ring (bicyclic) bond motifs is 1. The van der Waals surface area contributed by atoms with Crippen molar-refractivity contribution in [1.29, 1.82) is 0 Å². The Hall–Kier alpha value is -3.46. The molecule has 37 heavy (non-hydrogen) atoms. The van der Waals surface area contributed by atoms with Crippen molar-refractivity contribution >= 4 is 22.8 Å². The van der Waals surface area contributed by atoms with Crippen LogP contribution in [0.25, 0.3) is 11.0 Å². The molecule has 2 N–H and O–H groups in total. The van der Waals surface area contributed by atoms with Crippen molar-refractivity contribution in [3.63, 3.8) is 0 Å². The quantitative estimate of drug-likeness (QED) is 0.433. The zero-order valence-corrected chi connectivity index (χ0v) is 22.4. The van der Waals surface area contributed by atoms with Gasteiger partial charge in [0.2, 0.25) is 0 Å². The Balaban J connectivity index is 1.37. The summed E-state index contributed by atoms with van der Waals surface area (Å²) in [4.78, 5) is 29.4. The Labute approximate surface area is 217 Å². The number of carbonyl (C=O) groups excluding carboxylic acids is 1. The first-order valence-corrected chi connectivity index (χ1v) is 12.8. The van der Waals surface area contributed by atoms with E-state index in [0.717, 1.165) is 17.7 Å². The summed E-state index contributed by atoms with van der Waals surface area (Å²) in [5.74, 6) is 0.915. The van der Waals surface area contributed by atoms with E-state index in [2.05, 4.69) is 29.4 Å². The zero-order valence-electron chi connectivity index (χ0n) is 22.4. The number of imidazole rings is 1. The van der Waals surface area contributed by atoms with Gasteiger partial charge in [0.05, 0.1) is 24.8 Å². The molecule has 1 aliphatic rings. The summed E-state index contributed by atoms with van der Waals surface area (Å²) >= 11 is 0. The molecule has 2 aromatic carbocycles. The minimum Gasteiger partial charge on any atom is -0.489 e. The molecule has 1 aliphatic heterocycles. The lowest BCUT2D eigenvalue weighted by molar-refractivity contribution is -0.0375. The summed E-state index contributed by atoms with van der Waals surface area (Å²) in [6.45, 7) is 10.2. The van der Waals surface area contributed by atoms with Gasteiger partial charge in [-0.15, -0.1) is 0 Å². The first-order chi connectivity index (χ1) is 17.6. The summed E-state index contributed by atoms with van der Waals surface area (Å²) in [5.41, 5.74) is 2.68. The molecule has 2 heterocycles. The lowest BCUT2D eigenvalue weighted by Crippen LogP contribution is -2.48. The van der Waals surface area contributed by atoms with Gasteiger partial charge in [-0.05, 0) is 44.7 Å². The SMILES string of the molecule is C[C@@H]1C[C@H](OCCOc2cc(NCc3ccccc3)cc3[nH]c(=O)n(C)c23)CN(C(=O)OC(C)(C)C)C1. The van der Waals surface area contributed by atoms with Crippen LogP contribution < -0.4 is 15.7 Å². The number of aromatic nitrogens is 2. The van der Waals surface area contributed by atoms with Gasteiger partial charge < -0.3 is 29.4 Å². The standard InChI is InChI=1S/C28H38N4O5/c1-19-13-22(18-32(17-19)27(34)37-28(2,3)4)35-11-12-36-24-15-21(29-16-20-9-7-6-8-10-20)14-23-25(24)31(5)26(33)30-23/h6-10,14-15,19,22,29H,11-13,16-18H2,1-5H3,(H,30,33)/t19-,22+/m1/s1. The highest BCUT2D eigenvalue weighted by molar-refractivity contribution is 5.86. The van der Waals surface area contributed by atoms with Crippen LogP contribution in [0, 0.1) is 5.92 Å². The number of nitrogens with zero attached hydrogens (tertiary/aromatic N) is 2. The number of H-pyrrole nitrogens is 1. The van der Waals surface area contributed by atoms with Crippen LogP contribution in [0.1, 0.15) is 39.7 Å². The monoisotopic (exact) mass is 510 g/mol. The van der Waals surface area contributed by atoms with Gasteiger partial charge in [-0.2, -0.15) is 0 Å². The van der Waals surface area contributed by atoms with Gasteiger partial charge in [-0.25, -0.2) is 9.59 Å². The molecule has 9 heteroatoms. The number of carbonyl (C=O) groups is 1. The molecule has 0 unspecified atom stereocenters. The van der Waals surface area contributed by atoms with E-state index in [1.165, 1.54) is 0 Å². The van der Waals surface area contributed by atoms with Crippen molar-refractivity contribution in [2.24, 2.45) is 13.0 Å². The highest BCUT2D eigenvalue weighted by Gasteiger charge is 2.31. The Morgan fingerprint density at radius 2 is 1.89 bits per heavy atom. The zero-order chi connectivity index (χ0) is 26.6. The van der Waals surface area contributed by atoms with E-state index < -0.39 is 5.60 Å². The highest BCUT2D eigenvalue weighted by atomic mass is 16.6. The lowest BCUT2D eigenvalue weighted by Gasteiger charge is -2.37. The number of hydrogen-bond acceptors (Lipinski definition) is 6. The number of amides is 1. The second kappa shape index (κ2) is 11.3.